The molecule has 0 aliphatic carbocycles. The average molecular weight is 367 g/mol. The van der Waals surface area contributed by atoms with Crippen LogP contribution in [-0.2, 0) is 9.47 Å². The smallest absolute Gasteiger partial charge is 0.339 e. The van der Waals surface area contributed by atoms with E-state index in [4.69, 9.17) is 15.0 Å². The Kier molecular flexibility index (Phi) is 7.86. The molecule has 1 unspecified atom stereocenters. The van der Waals surface area contributed by atoms with Gasteiger partial charge in [-0.2, -0.15) is 0 Å². The second kappa shape index (κ2) is 12.5. The van der Waals surface area contributed by atoms with E-state index in [0.29, 0.717) is 18.8 Å². The Labute approximate surface area is 163 Å². The number of unbranched alkanes of at least 4 members (excludes halogenated alkanes) is 4. The van der Waals surface area contributed by atoms with E-state index >= 15 is 0 Å². The van der Waals surface area contributed by atoms with Crippen LogP contribution in [0.3, 0.4) is 0 Å². The van der Waals surface area contributed by atoms with E-state index in [-0.39, 0.29) is 6.61 Å². The molecule has 0 fully saturated rings. The van der Waals surface area contributed by atoms with E-state index < -0.39 is 53.3 Å². The van der Waals surface area contributed by atoms with Gasteiger partial charge in [0, 0.05) is 0 Å². The molecule has 0 radical (unpaired) electrons. The van der Waals surface area contributed by atoms with Crippen LogP contribution >= 0.6 is 0 Å². The predicted molar refractivity (Wildman–Crippen MR) is 104 cm³/mol. The fraction of sp³-hybridized carbons (Fsp3) is 0.636. The Bertz CT molecular complexity index is 735. The van der Waals surface area contributed by atoms with Gasteiger partial charge < -0.3 is 9.47 Å². The lowest BCUT2D eigenvalue weighted by Gasteiger charge is -2.15. The van der Waals surface area contributed by atoms with Crippen molar-refractivity contribution in [1.29, 1.82) is 0 Å². The van der Waals surface area contributed by atoms with Crippen molar-refractivity contribution in [2.24, 2.45) is 5.92 Å². The third-order valence-electron chi connectivity index (χ3n) is 4.04. The summed E-state index contributed by atoms with van der Waals surface area (Å²) < 4.78 is 42.5. The number of carbonyl (C=O) groups is 2. The molecule has 4 heteroatoms. The van der Waals surface area contributed by atoms with Crippen LogP contribution in [0.5, 0.6) is 0 Å². The van der Waals surface area contributed by atoms with Crippen molar-refractivity contribution in [1.82, 2.24) is 0 Å². The number of rotatable bonds is 12. The first kappa shape index (κ1) is 16.3. The highest BCUT2D eigenvalue weighted by molar-refractivity contribution is 6.03. The molecule has 1 aromatic carbocycles. The zero-order valence-corrected chi connectivity index (χ0v) is 16.4. The van der Waals surface area contributed by atoms with Gasteiger partial charge in [-0.15, -0.1) is 0 Å². The fourth-order valence-electron chi connectivity index (χ4n) is 2.43. The lowest BCUT2D eigenvalue weighted by molar-refractivity contribution is 0.0302. The zero-order chi connectivity index (χ0) is 22.8. The van der Waals surface area contributed by atoms with E-state index in [9.17, 15) is 9.59 Å². The molecule has 26 heavy (non-hydrogen) atoms. The summed E-state index contributed by atoms with van der Waals surface area (Å²) in [6.07, 6.45) is 5.80. The molecular formula is C22H34O4. The van der Waals surface area contributed by atoms with E-state index in [1.165, 1.54) is 0 Å². The number of carbonyl (C=O) groups excluding carboxylic acids is 2. The van der Waals surface area contributed by atoms with Gasteiger partial charge >= 0.3 is 11.9 Å². The van der Waals surface area contributed by atoms with Crippen LogP contribution in [0.4, 0.5) is 0 Å². The number of ether oxygens (including phenoxy) is 2. The quantitative estimate of drug-likeness (QED) is 0.347. The zero-order valence-electron chi connectivity index (χ0n) is 20.4. The van der Waals surface area contributed by atoms with Crippen molar-refractivity contribution in [2.45, 2.75) is 78.7 Å². The normalized spacial score (nSPS) is 14.2. The lowest BCUT2D eigenvalue weighted by Crippen LogP contribution is -2.19. The summed E-state index contributed by atoms with van der Waals surface area (Å²) in [6, 6.07) is -2.35. The van der Waals surface area contributed by atoms with Crippen LogP contribution < -0.4 is 0 Å². The summed E-state index contributed by atoms with van der Waals surface area (Å²) in [5, 5.41) is 0. The third kappa shape index (κ3) is 8.50. The van der Waals surface area contributed by atoms with Crippen molar-refractivity contribution in [3.8, 4) is 0 Å². The monoisotopic (exact) mass is 366 g/mol. The van der Waals surface area contributed by atoms with Gasteiger partial charge in [0.05, 0.1) is 29.3 Å². The first-order valence-corrected chi connectivity index (χ1v) is 9.60. The van der Waals surface area contributed by atoms with Gasteiger partial charge in [-0.3, -0.25) is 0 Å². The SMILES string of the molecule is [2H]c1c([2H])c([2H])c(C(=O)OC(C)CCC(C)C)c(C(=O)OCCCCCCC)c1[2H]. The minimum Gasteiger partial charge on any atom is -0.462 e. The molecule has 1 aromatic rings. The van der Waals surface area contributed by atoms with Gasteiger partial charge in [0.2, 0.25) is 0 Å². The van der Waals surface area contributed by atoms with Gasteiger partial charge in [0.15, 0.2) is 0 Å². The first-order valence-electron chi connectivity index (χ1n) is 11.6. The molecular weight excluding hydrogens is 328 g/mol. The maximum Gasteiger partial charge on any atom is 0.339 e. The Morgan fingerprint density at radius 3 is 2.19 bits per heavy atom. The summed E-state index contributed by atoms with van der Waals surface area (Å²) in [4.78, 5) is 25.4. The molecule has 0 saturated carbocycles. The standard InChI is InChI=1S/C22H34O4/c1-5-6-7-8-11-16-25-21(23)19-12-9-10-13-20(19)22(24)26-18(4)15-14-17(2)3/h9-10,12-13,17-18H,5-8,11,14-16H2,1-4H3/i9D,10D,12D,13D. The Morgan fingerprint density at radius 1 is 0.962 bits per heavy atom. The van der Waals surface area contributed by atoms with Gasteiger partial charge in [0.25, 0.3) is 0 Å². The highest BCUT2D eigenvalue weighted by atomic mass is 16.5. The molecule has 0 N–H and O–H groups in total. The molecule has 0 aliphatic heterocycles. The number of hydrogen-bond donors (Lipinski definition) is 0. The van der Waals surface area contributed by atoms with E-state index in [1.807, 2.05) is 0 Å². The molecule has 0 saturated heterocycles. The van der Waals surface area contributed by atoms with Crippen molar-refractivity contribution >= 4 is 11.9 Å². The van der Waals surface area contributed by atoms with Crippen LogP contribution in [0, 0.1) is 5.92 Å². The molecule has 0 spiro atoms. The summed E-state index contributed by atoms with van der Waals surface area (Å²) in [7, 11) is 0. The summed E-state index contributed by atoms with van der Waals surface area (Å²) in [6.45, 7) is 8.06. The van der Waals surface area contributed by atoms with Crippen LogP contribution in [-0.4, -0.2) is 24.6 Å². The highest BCUT2D eigenvalue weighted by Crippen LogP contribution is 2.16. The number of benzene rings is 1. The molecule has 1 atom stereocenters. The largest absolute Gasteiger partial charge is 0.462 e. The van der Waals surface area contributed by atoms with Gasteiger partial charge in [0.1, 0.15) is 0 Å². The molecule has 0 bridgehead atoms. The van der Waals surface area contributed by atoms with Crippen LogP contribution in [0.25, 0.3) is 0 Å². The average Bonchev–Trinajstić information content (AvgIpc) is 2.69. The second-order valence-corrected chi connectivity index (χ2v) is 6.99. The topological polar surface area (TPSA) is 52.6 Å². The summed E-state index contributed by atoms with van der Waals surface area (Å²) >= 11 is 0. The van der Waals surface area contributed by atoms with Crippen molar-refractivity contribution in [2.75, 3.05) is 6.61 Å². The fourth-order valence-corrected chi connectivity index (χ4v) is 2.43. The molecule has 0 aromatic heterocycles. The number of esters is 2. The molecule has 1 rings (SSSR count). The van der Waals surface area contributed by atoms with Gasteiger partial charge in [-0.25, -0.2) is 9.59 Å². The molecule has 0 heterocycles. The van der Waals surface area contributed by atoms with E-state index in [1.54, 1.807) is 6.92 Å². The second-order valence-electron chi connectivity index (χ2n) is 6.99. The summed E-state index contributed by atoms with van der Waals surface area (Å²) in [5.74, 6) is -1.43. The summed E-state index contributed by atoms with van der Waals surface area (Å²) in [5.41, 5.74) is -0.927. The predicted octanol–water partition coefficient (Wildman–Crippen LogP) is 5.80. The molecule has 146 valence electrons. The first-order chi connectivity index (χ1) is 14.1. The van der Waals surface area contributed by atoms with Gasteiger partial charge in [-0.05, 0) is 44.2 Å². The van der Waals surface area contributed by atoms with Crippen LogP contribution in [0.1, 0.15) is 98.8 Å². The minimum absolute atomic E-state index is 0.130. The van der Waals surface area contributed by atoms with Gasteiger partial charge in [-0.1, -0.05) is 58.5 Å². The minimum atomic E-state index is -0.937. The lowest BCUT2D eigenvalue weighted by atomic mass is 10.1. The van der Waals surface area contributed by atoms with E-state index in [2.05, 4.69) is 20.8 Å². The highest BCUT2D eigenvalue weighted by Gasteiger charge is 2.20. The number of hydrogen-bond acceptors (Lipinski definition) is 4. The molecule has 0 aliphatic rings. The van der Waals surface area contributed by atoms with Crippen LogP contribution in [0.2, 0.25) is 0 Å². The van der Waals surface area contributed by atoms with Crippen LogP contribution in [0.15, 0.2) is 24.2 Å². The third-order valence-corrected chi connectivity index (χ3v) is 4.04. The Hall–Kier alpha value is -1.84. The molecule has 0 amide bonds. The van der Waals surface area contributed by atoms with Crippen molar-refractivity contribution < 1.29 is 24.5 Å². The Balaban J connectivity index is 3.05. The maximum atomic E-state index is 12.7. The van der Waals surface area contributed by atoms with Crippen molar-refractivity contribution in [3.63, 3.8) is 0 Å². The van der Waals surface area contributed by atoms with Crippen molar-refractivity contribution in [3.05, 3.63) is 35.3 Å². The van der Waals surface area contributed by atoms with E-state index in [0.717, 1.165) is 32.1 Å². The molecule has 4 nitrogen and oxygen atoms in total. The Morgan fingerprint density at radius 2 is 1.58 bits per heavy atom. The maximum absolute atomic E-state index is 12.7.